The lowest BCUT2D eigenvalue weighted by atomic mass is 10.1. The molecule has 0 aliphatic rings. The zero-order chi connectivity index (χ0) is 14.5. The highest BCUT2D eigenvalue weighted by molar-refractivity contribution is 5.69. The van der Waals surface area contributed by atoms with Crippen LogP contribution in [0, 0.1) is 0 Å². The van der Waals surface area contributed by atoms with E-state index in [1.165, 1.54) is 6.20 Å². The van der Waals surface area contributed by atoms with Crippen molar-refractivity contribution < 1.29 is 10.2 Å². The van der Waals surface area contributed by atoms with E-state index in [4.69, 9.17) is 10.8 Å². The molecule has 0 amide bonds. The van der Waals surface area contributed by atoms with Crippen LogP contribution in [0.4, 0.5) is 17.2 Å². The largest absolute Gasteiger partial charge is 0.508 e. The summed E-state index contributed by atoms with van der Waals surface area (Å²) < 4.78 is 1.59. The van der Waals surface area contributed by atoms with Gasteiger partial charge >= 0.3 is 0 Å². The van der Waals surface area contributed by atoms with Crippen LogP contribution >= 0.6 is 0 Å². The van der Waals surface area contributed by atoms with Crippen molar-refractivity contribution in [2.75, 3.05) is 17.7 Å². The maximum Gasteiger partial charge on any atom is 0.152 e. The van der Waals surface area contributed by atoms with Crippen molar-refractivity contribution in [3.8, 4) is 5.75 Å². The fourth-order valence-corrected chi connectivity index (χ4v) is 1.92. The van der Waals surface area contributed by atoms with Gasteiger partial charge in [0.15, 0.2) is 5.82 Å². The van der Waals surface area contributed by atoms with Gasteiger partial charge in [0.05, 0.1) is 25.0 Å². The fourth-order valence-electron chi connectivity index (χ4n) is 1.92. The van der Waals surface area contributed by atoms with Crippen molar-refractivity contribution in [1.29, 1.82) is 0 Å². The van der Waals surface area contributed by atoms with Crippen LogP contribution in [0.2, 0.25) is 0 Å². The number of nitrogen functional groups attached to an aromatic ring is 1. The number of nitrogens with one attached hydrogen (secondary N) is 1. The molecule has 2 rings (SSSR count). The number of benzene rings is 1. The topological polar surface area (TPSA) is 96.3 Å². The van der Waals surface area contributed by atoms with Crippen molar-refractivity contribution in [2.24, 2.45) is 0 Å². The number of aromatic nitrogens is 2. The number of aromatic hydroxyl groups is 1. The average molecular weight is 274 g/mol. The van der Waals surface area contributed by atoms with Gasteiger partial charge in [-0.25, -0.2) is 4.68 Å². The first-order valence-electron chi connectivity index (χ1n) is 6.27. The van der Waals surface area contributed by atoms with E-state index in [1.54, 1.807) is 22.9 Å². The van der Waals surface area contributed by atoms with Crippen LogP contribution in [-0.4, -0.2) is 26.6 Å². The van der Waals surface area contributed by atoms with Crippen molar-refractivity contribution in [3.63, 3.8) is 0 Å². The summed E-state index contributed by atoms with van der Waals surface area (Å²) in [5.41, 5.74) is 7.91. The highest BCUT2D eigenvalue weighted by Crippen LogP contribution is 2.27. The molecule has 2 aromatic rings. The molecule has 6 nitrogen and oxygen atoms in total. The molecule has 0 aliphatic carbocycles. The Bertz CT molecular complexity index is 607. The maximum atomic E-state index is 9.73. The minimum Gasteiger partial charge on any atom is -0.508 e. The van der Waals surface area contributed by atoms with Crippen LogP contribution in [0.5, 0.6) is 5.75 Å². The zero-order valence-electron chi connectivity index (χ0n) is 11.1. The lowest BCUT2D eigenvalue weighted by molar-refractivity contribution is 0.270. The summed E-state index contributed by atoms with van der Waals surface area (Å²) in [4.78, 5) is 0. The molecule has 0 saturated heterocycles. The average Bonchev–Trinajstić information content (AvgIpc) is 2.76. The fraction of sp³-hybridized carbons (Fsp3) is 0.214. The van der Waals surface area contributed by atoms with Crippen LogP contribution in [0.25, 0.3) is 0 Å². The van der Waals surface area contributed by atoms with Gasteiger partial charge in [0.1, 0.15) is 5.75 Å². The molecule has 5 N–H and O–H groups in total. The lowest BCUT2D eigenvalue weighted by Gasteiger charge is -2.11. The molecular formula is C14H18N4O2. The number of nitrogens with two attached hydrogens (primary N) is 1. The van der Waals surface area contributed by atoms with Crippen molar-refractivity contribution in [1.82, 2.24) is 9.78 Å². The Kier molecular flexibility index (Phi) is 4.27. The maximum absolute atomic E-state index is 9.73. The van der Waals surface area contributed by atoms with Crippen molar-refractivity contribution in [2.45, 2.75) is 13.0 Å². The van der Waals surface area contributed by atoms with Gasteiger partial charge in [0.25, 0.3) is 0 Å². The van der Waals surface area contributed by atoms with Crippen LogP contribution in [0.1, 0.15) is 5.56 Å². The van der Waals surface area contributed by atoms with Crippen LogP contribution in [0.3, 0.4) is 0 Å². The lowest BCUT2D eigenvalue weighted by Crippen LogP contribution is -2.08. The van der Waals surface area contributed by atoms with Gasteiger partial charge in [-0.3, -0.25) is 0 Å². The molecule has 0 bridgehead atoms. The normalized spacial score (nSPS) is 10.4. The van der Waals surface area contributed by atoms with Gasteiger partial charge in [-0.15, -0.1) is 6.58 Å². The number of allylic oxidation sites excluding steroid dienone is 1. The second-order valence-corrected chi connectivity index (χ2v) is 4.36. The van der Waals surface area contributed by atoms with Gasteiger partial charge in [-0.1, -0.05) is 6.08 Å². The third kappa shape index (κ3) is 2.92. The Morgan fingerprint density at radius 1 is 1.45 bits per heavy atom. The third-order valence-electron chi connectivity index (χ3n) is 2.89. The molecule has 0 spiro atoms. The highest BCUT2D eigenvalue weighted by atomic mass is 16.3. The molecule has 0 saturated carbocycles. The van der Waals surface area contributed by atoms with E-state index in [-0.39, 0.29) is 12.4 Å². The summed E-state index contributed by atoms with van der Waals surface area (Å²) >= 11 is 0. The van der Waals surface area contributed by atoms with Gasteiger partial charge in [-0.05, 0) is 30.2 Å². The second-order valence-electron chi connectivity index (χ2n) is 4.36. The molecule has 0 atom stereocenters. The molecule has 1 aromatic carbocycles. The molecule has 1 aromatic heterocycles. The van der Waals surface area contributed by atoms with E-state index in [1.807, 2.05) is 6.07 Å². The predicted molar refractivity (Wildman–Crippen MR) is 79.0 cm³/mol. The summed E-state index contributed by atoms with van der Waals surface area (Å²) in [5.74, 6) is 0.849. The van der Waals surface area contributed by atoms with E-state index in [9.17, 15) is 5.11 Å². The summed E-state index contributed by atoms with van der Waals surface area (Å²) in [6.07, 6.45) is 3.83. The number of anilines is 3. The van der Waals surface area contributed by atoms with Crippen LogP contribution in [-0.2, 0) is 13.0 Å². The second kappa shape index (κ2) is 6.12. The smallest absolute Gasteiger partial charge is 0.152 e. The molecule has 106 valence electrons. The number of phenolic OH excluding ortho intramolecular Hbond substituents is 1. The van der Waals surface area contributed by atoms with Gasteiger partial charge < -0.3 is 21.3 Å². The standard InChI is InChI=1S/C14H18N4O2/c1-2-3-10-8-11(4-5-13(10)20)17-14-12(15)9-16-18(14)6-7-19/h2,4-5,8-9,17,19-20H,1,3,6-7,15H2. The molecule has 0 aliphatic heterocycles. The zero-order valence-corrected chi connectivity index (χ0v) is 11.1. The molecule has 0 unspecified atom stereocenters. The molecule has 0 fully saturated rings. The first-order valence-corrected chi connectivity index (χ1v) is 6.27. The molecular weight excluding hydrogens is 256 g/mol. The Labute approximate surface area is 117 Å². The van der Waals surface area contributed by atoms with E-state index in [2.05, 4.69) is 17.0 Å². The molecule has 20 heavy (non-hydrogen) atoms. The summed E-state index contributed by atoms with van der Waals surface area (Å²) in [6.45, 7) is 4.00. The first-order chi connectivity index (χ1) is 9.65. The number of aliphatic hydroxyl groups is 1. The molecule has 0 radical (unpaired) electrons. The third-order valence-corrected chi connectivity index (χ3v) is 2.89. The van der Waals surface area contributed by atoms with Gasteiger partial charge in [-0.2, -0.15) is 5.10 Å². The van der Waals surface area contributed by atoms with E-state index < -0.39 is 0 Å². The van der Waals surface area contributed by atoms with E-state index in [0.29, 0.717) is 24.5 Å². The summed E-state index contributed by atoms with van der Waals surface area (Å²) in [5, 5.41) is 26.0. The van der Waals surface area contributed by atoms with E-state index >= 15 is 0 Å². The van der Waals surface area contributed by atoms with Crippen molar-refractivity contribution in [3.05, 3.63) is 42.6 Å². The molecule has 1 heterocycles. The summed E-state index contributed by atoms with van der Waals surface area (Å²) in [7, 11) is 0. The summed E-state index contributed by atoms with van der Waals surface area (Å²) in [6, 6.07) is 5.19. The Morgan fingerprint density at radius 3 is 2.95 bits per heavy atom. The minimum absolute atomic E-state index is 0.0207. The number of rotatable bonds is 6. The number of hydrogen-bond donors (Lipinski definition) is 4. The Morgan fingerprint density at radius 2 is 2.25 bits per heavy atom. The Hall–Kier alpha value is -2.47. The Balaban J connectivity index is 2.27. The van der Waals surface area contributed by atoms with Crippen LogP contribution in [0.15, 0.2) is 37.1 Å². The van der Waals surface area contributed by atoms with Crippen molar-refractivity contribution >= 4 is 17.2 Å². The number of aliphatic hydroxyl groups excluding tert-OH is 1. The quantitative estimate of drug-likeness (QED) is 0.474. The predicted octanol–water partition coefficient (Wildman–Crippen LogP) is 1.64. The van der Waals surface area contributed by atoms with Gasteiger partial charge in [0, 0.05) is 5.69 Å². The molecule has 6 heteroatoms. The highest BCUT2D eigenvalue weighted by Gasteiger charge is 2.09. The minimum atomic E-state index is -0.0207. The first kappa shape index (κ1) is 14.0. The number of nitrogens with zero attached hydrogens (tertiary/aromatic N) is 2. The monoisotopic (exact) mass is 274 g/mol. The van der Waals surface area contributed by atoms with E-state index in [0.717, 1.165) is 11.3 Å². The SMILES string of the molecule is C=CCc1cc(Nc2c(N)cnn2CCO)ccc1O. The van der Waals surface area contributed by atoms with Crippen LogP contribution < -0.4 is 11.1 Å². The number of phenols is 1. The number of hydrogen-bond acceptors (Lipinski definition) is 5. The van der Waals surface area contributed by atoms with Gasteiger partial charge in [0.2, 0.25) is 0 Å².